The van der Waals surface area contributed by atoms with Crippen molar-refractivity contribution in [3.63, 3.8) is 0 Å². The van der Waals surface area contributed by atoms with E-state index in [0.717, 1.165) is 0 Å². The van der Waals surface area contributed by atoms with Crippen LogP contribution >= 0.6 is 0 Å². The van der Waals surface area contributed by atoms with E-state index in [2.05, 4.69) is 5.32 Å². The first-order valence-corrected chi connectivity index (χ1v) is 4.63. The quantitative estimate of drug-likeness (QED) is 0.424. The second-order valence-corrected chi connectivity index (χ2v) is 3.17. The molecule has 0 saturated carbocycles. The molecular weight excluding hydrogens is 277 g/mol. The molecule has 112 valence electrons. The van der Waals surface area contributed by atoms with Gasteiger partial charge < -0.3 is 26.4 Å². The van der Waals surface area contributed by atoms with Crippen molar-refractivity contribution in [2.75, 3.05) is 6.61 Å². The molecule has 0 saturated heterocycles. The third-order valence-electron chi connectivity index (χ3n) is 1.45. The number of aliphatic hydroxyl groups excluding tert-OH is 1. The lowest BCUT2D eigenvalue weighted by molar-refractivity contribution is -0.192. The van der Waals surface area contributed by atoms with Crippen molar-refractivity contribution >= 4 is 17.8 Å². The Morgan fingerprint density at radius 1 is 1.26 bits per heavy atom. The summed E-state index contributed by atoms with van der Waals surface area (Å²) < 4.78 is 31.7. The minimum absolute atomic E-state index is 0.601. The van der Waals surface area contributed by atoms with E-state index in [1.54, 1.807) is 0 Å². The fraction of sp³-hybridized carbons (Fsp3) is 0.625. The third-order valence-corrected chi connectivity index (χ3v) is 1.45. The molecule has 0 aliphatic carbocycles. The molecule has 0 aromatic rings. The van der Waals surface area contributed by atoms with Crippen molar-refractivity contribution in [2.45, 2.75) is 25.2 Å². The second kappa shape index (κ2) is 8.26. The molecule has 0 fully saturated rings. The van der Waals surface area contributed by atoms with Gasteiger partial charge in [0.2, 0.25) is 5.91 Å². The number of aliphatic carboxylic acids is 2. The summed E-state index contributed by atoms with van der Waals surface area (Å²) in [5.74, 6) is -4.64. The summed E-state index contributed by atoms with van der Waals surface area (Å²) >= 11 is 0. The van der Waals surface area contributed by atoms with Gasteiger partial charge in [0.1, 0.15) is 6.04 Å². The number of carbonyl (C=O) groups excluding carboxylic acids is 1. The van der Waals surface area contributed by atoms with Crippen LogP contribution in [0.5, 0.6) is 0 Å². The summed E-state index contributed by atoms with van der Waals surface area (Å²) in [4.78, 5) is 30.0. The van der Waals surface area contributed by atoms with Crippen LogP contribution in [0.15, 0.2) is 0 Å². The van der Waals surface area contributed by atoms with Gasteiger partial charge in [0.05, 0.1) is 12.6 Å². The number of alkyl halides is 3. The molecule has 0 radical (unpaired) electrons. The average molecular weight is 290 g/mol. The Morgan fingerprint density at radius 3 is 1.79 bits per heavy atom. The maximum absolute atomic E-state index is 10.8. The molecule has 0 heterocycles. The van der Waals surface area contributed by atoms with Crippen LogP contribution in [-0.2, 0) is 14.4 Å². The number of hydrogen-bond acceptors (Lipinski definition) is 5. The number of amides is 1. The van der Waals surface area contributed by atoms with Crippen LogP contribution in [0.3, 0.4) is 0 Å². The number of nitrogens with two attached hydrogens (primary N) is 1. The van der Waals surface area contributed by atoms with Gasteiger partial charge in [-0.2, -0.15) is 13.2 Å². The van der Waals surface area contributed by atoms with Gasteiger partial charge in [-0.15, -0.1) is 0 Å². The van der Waals surface area contributed by atoms with Gasteiger partial charge in [0.25, 0.3) is 0 Å². The predicted octanol–water partition coefficient (Wildman–Crippen LogP) is -1.47. The first-order chi connectivity index (χ1) is 8.43. The van der Waals surface area contributed by atoms with Crippen molar-refractivity contribution in [1.29, 1.82) is 0 Å². The molecule has 0 spiro atoms. The van der Waals surface area contributed by atoms with Crippen LogP contribution in [0.2, 0.25) is 0 Å². The van der Waals surface area contributed by atoms with E-state index in [1.165, 1.54) is 6.92 Å². The normalized spacial score (nSPS) is 13.6. The fourth-order valence-corrected chi connectivity index (χ4v) is 0.489. The van der Waals surface area contributed by atoms with Gasteiger partial charge >= 0.3 is 18.1 Å². The molecule has 0 unspecified atom stereocenters. The van der Waals surface area contributed by atoms with Gasteiger partial charge in [-0.1, -0.05) is 0 Å². The Kier molecular flexibility index (Phi) is 8.46. The smallest absolute Gasteiger partial charge is 0.480 e. The SMILES string of the molecule is C[C@H](N)C(=O)N[C@@H](CO)C(=O)O.O=C(O)C(F)(F)F. The Balaban J connectivity index is 0. The Hall–Kier alpha value is -1.88. The highest BCUT2D eigenvalue weighted by Crippen LogP contribution is 2.13. The maximum atomic E-state index is 10.8. The van der Waals surface area contributed by atoms with Crippen LogP contribution in [0, 0.1) is 0 Å². The number of aliphatic hydroxyl groups is 1. The molecule has 0 bridgehead atoms. The molecule has 2 atom stereocenters. The standard InChI is InChI=1S/C6H12N2O4.C2HF3O2/c1-3(7)5(10)8-4(2-9)6(11)12;3-2(4,5)1(6)7/h3-4,9H,2,7H2,1H3,(H,8,10)(H,11,12);(H,6,7)/t3-,4-;/m0./s1. The summed E-state index contributed by atoms with van der Waals surface area (Å²) in [6.07, 6.45) is -5.08. The Bertz CT molecular complexity index is 331. The van der Waals surface area contributed by atoms with Gasteiger partial charge in [0.15, 0.2) is 0 Å². The Morgan fingerprint density at radius 2 is 1.63 bits per heavy atom. The van der Waals surface area contributed by atoms with Crippen molar-refractivity contribution in [3.8, 4) is 0 Å². The van der Waals surface area contributed by atoms with Crippen LogP contribution in [0.4, 0.5) is 13.2 Å². The molecule has 0 aliphatic rings. The topological polar surface area (TPSA) is 150 Å². The molecule has 11 heteroatoms. The number of carboxylic acid groups (broad SMARTS) is 2. The zero-order valence-corrected chi connectivity index (χ0v) is 9.64. The zero-order valence-electron chi connectivity index (χ0n) is 9.64. The van der Waals surface area contributed by atoms with Gasteiger partial charge in [0, 0.05) is 0 Å². The van der Waals surface area contributed by atoms with Gasteiger partial charge in [-0.25, -0.2) is 9.59 Å². The number of carbonyl (C=O) groups is 3. The molecule has 6 N–H and O–H groups in total. The van der Waals surface area contributed by atoms with E-state index in [4.69, 9.17) is 25.8 Å². The molecular formula is C8H13F3N2O6. The van der Waals surface area contributed by atoms with E-state index in [-0.39, 0.29) is 0 Å². The fourth-order valence-electron chi connectivity index (χ4n) is 0.489. The summed E-state index contributed by atoms with van der Waals surface area (Å²) in [6.45, 7) is 0.777. The molecule has 0 aromatic carbocycles. The van der Waals surface area contributed by atoms with E-state index >= 15 is 0 Å². The first-order valence-electron chi connectivity index (χ1n) is 4.63. The number of halogens is 3. The van der Waals surface area contributed by atoms with Crippen molar-refractivity contribution in [3.05, 3.63) is 0 Å². The molecule has 8 nitrogen and oxygen atoms in total. The molecule has 0 rings (SSSR count). The van der Waals surface area contributed by atoms with E-state index in [9.17, 15) is 22.8 Å². The lowest BCUT2D eigenvalue weighted by Gasteiger charge is -2.12. The van der Waals surface area contributed by atoms with E-state index in [1.807, 2.05) is 0 Å². The van der Waals surface area contributed by atoms with Crippen molar-refractivity contribution in [1.82, 2.24) is 5.32 Å². The lowest BCUT2D eigenvalue weighted by atomic mass is 10.2. The van der Waals surface area contributed by atoms with E-state index in [0.29, 0.717) is 0 Å². The van der Waals surface area contributed by atoms with Crippen molar-refractivity contribution in [2.24, 2.45) is 5.73 Å². The number of hydrogen-bond donors (Lipinski definition) is 5. The summed E-state index contributed by atoms with van der Waals surface area (Å²) in [6, 6.07) is -2.05. The Labute approximate surface area is 105 Å². The van der Waals surface area contributed by atoms with Crippen LogP contribution in [-0.4, -0.2) is 58.0 Å². The molecule has 0 aliphatic heterocycles. The minimum Gasteiger partial charge on any atom is -0.480 e. The lowest BCUT2D eigenvalue weighted by Crippen LogP contribution is -2.48. The molecule has 0 aromatic heterocycles. The van der Waals surface area contributed by atoms with Gasteiger partial charge in [-0.3, -0.25) is 4.79 Å². The predicted molar refractivity (Wildman–Crippen MR) is 54.0 cm³/mol. The van der Waals surface area contributed by atoms with Crippen LogP contribution in [0.25, 0.3) is 0 Å². The largest absolute Gasteiger partial charge is 0.490 e. The maximum Gasteiger partial charge on any atom is 0.490 e. The third kappa shape index (κ3) is 9.79. The highest BCUT2D eigenvalue weighted by atomic mass is 19.4. The van der Waals surface area contributed by atoms with Crippen LogP contribution < -0.4 is 11.1 Å². The summed E-state index contributed by atoms with van der Waals surface area (Å²) in [5, 5.41) is 26.1. The second-order valence-electron chi connectivity index (χ2n) is 3.17. The van der Waals surface area contributed by atoms with Crippen LogP contribution in [0.1, 0.15) is 6.92 Å². The highest BCUT2D eigenvalue weighted by molar-refractivity contribution is 5.86. The van der Waals surface area contributed by atoms with Gasteiger partial charge in [-0.05, 0) is 6.92 Å². The number of carboxylic acids is 2. The van der Waals surface area contributed by atoms with E-state index < -0.39 is 42.7 Å². The molecule has 1 amide bonds. The summed E-state index contributed by atoms with van der Waals surface area (Å²) in [5.41, 5.74) is 5.15. The minimum atomic E-state index is -5.08. The zero-order chi connectivity index (χ0) is 15.8. The summed E-state index contributed by atoms with van der Waals surface area (Å²) in [7, 11) is 0. The first kappa shape index (κ1) is 19.5. The monoisotopic (exact) mass is 290 g/mol. The number of nitrogens with one attached hydrogen (secondary N) is 1. The highest BCUT2D eigenvalue weighted by Gasteiger charge is 2.38. The van der Waals surface area contributed by atoms with Crippen molar-refractivity contribution < 1.29 is 42.9 Å². The number of rotatable bonds is 4. The molecule has 19 heavy (non-hydrogen) atoms. The average Bonchev–Trinajstić information content (AvgIpc) is 2.24.